The molecule has 0 aliphatic carbocycles. The average molecular weight is 532 g/mol. The van der Waals surface area contributed by atoms with E-state index < -0.39 is 40.3 Å². The largest absolute Gasteiger partial charge is 0.481 e. The van der Waals surface area contributed by atoms with Gasteiger partial charge in [-0.05, 0) is 24.0 Å². The Bertz CT molecular complexity index is 1200. The third-order valence-corrected chi connectivity index (χ3v) is 6.71. The van der Waals surface area contributed by atoms with Crippen molar-refractivity contribution in [1.82, 2.24) is 10.0 Å². The lowest BCUT2D eigenvalue weighted by Crippen LogP contribution is -2.50. The highest BCUT2D eigenvalue weighted by molar-refractivity contribution is 7.88. The van der Waals surface area contributed by atoms with Gasteiger partial charge < -0.3 is 27.6 Å². The molecule has 13 heteroatoms. The molecule has 2 atom stereocenters. The molecule has 0 radical (unpaired) electrons. The Morgan fingerprint density at radius 3 is 2.19 bits per heavy atom. The molecule has 10 N–H and O–H groups in total. The van der Waals surface area contributed by atoms with Gasteiger partial charge in [0.1, 0.15) is 5.84 Å². The Labute approximate surface area is 215 Å². The van der Waals surface area contributed by atoms with Crippen LogP contribution in [0.5, 0.6) is 0 Å². The van der Waals surface area contributed by atoms with Crippen LogP contribution in [0.4, 0.5) is 0 Å². The van der Waals surface area contributed by atoms with Crippen molar-refractivity contribution in [2.75, 3.05) is 6.54 Å². The topological polar surface area (TPSA) is 227 Å². The molecule has 0 spiro atoms. The number of carbonyl (C=O) groups excluding carboxylic acids is 1. The number of aliphatic imine (C=N–C) groups is 1. The molecule has 2 aromatic rings. The maximum Gasteiger partial charge on any atom is 0.305 e. The van der Waals surface area contributed by atoms with E-state index in [1.807, 2.05) is 0 Å². The Hall–Kier alpha value is -3.81. The molecule has 37 heavy (non-hydrogen) atoms. The van der Waals surface area contributed by atoms with Gasteiger partial charge in [0, 0.05) is 18.7 Å². The van der Waals surface area contributed by atoms with Crippen LogP contribution < -0.4 is 27.2 Å². The van der Waals surface area contributed by atoms with Crippen molar-refractivity contribution < 1.29 is 23.1 Å². The first-order chi connectivity index (χ1) is 17.5. The van der Waals surface area contributed by atoms with Gasteiger partial charge in [0.25, 0.3) is 0 Å². The molecule has 2 aromatic carbocycles. The summed E-state index contributed by atoms with van der Waals surface area (Å²) in [5.41, 5.74) is 17.9. The van der Waals surface area contributed by atoms with Crippen LogP contribution in [-0.2, 0) is 31.9 Å². The number of carbonyl (C=O) groups is 2. The highest BCUT2D eigenvalue weighted by atomic mass is 32.2. The van der Waals surface area contributed by atoms with E-state index in [2.05, 4.69) is 15.0 Å². The molecule has 0 saturated heterocycles. The zero-order valence-corrected chi connectivity index (χ0v) is 21.1. The standard InChI is InChI=1S/C24H33N7O5S/c25-23(26)18-10-8-16(9-11-18)14-30-20(13-21(32)33)22(34)19(7-4-12-29-24(27)28)31-37(35,36)15-17-5-2-1-3-6-17/h1-3,5-6,8-11,19-20,30-31H,4,7,12-15H2,(H3,25,26)(H,32,33)(H4,27,28,29)/t19-,20+/m1/s1. The second-order valence-corrected chi connectivity index (χ2v) is 10.2. The summed E-state index contributed by atoms with van der Waals surface area (Å²) in [6.45, 7) is 0.311. The van der Waals surface area contributed by atoms with Crippen molar-refractivity contribution in [2.24, 2.45) is 22.2 Å². The summed E-state index contributed by atoms with van der Waals surface area (Å²) in [4.78, 5) is 28.8. The summed E-state index contributed by atoms with van der Waals surface area (Å²) < 4.78 is 28.2. The van der Waals surface area contributed by atoms with Crippen molar-refractivity contribution in [3.8, 4) is 0 Å². The van der Waals surface area contributed by atoms with Crippen LogP contribution in [0.2, 0.25) is 0 Å². The molecule has 12 nitrogen and oxygen atoms in total. The molecule has 0 aliphatic heterocycles. The predicted molar refractivity (Wildman–Crippen MR) is 141 cm³/mol. The van der Waals surface area contributed by atoms with Gasteiger partial charge in [-0.2, -0.15) is 0 Å². The molecule has 2 rings (SSSR count). The molecule has 0 aliphatic rings. The number of nitrogen functional groups attached to an aromatic ring is 1. The van der Waals surface area contributed by atoms with Crippen LogP contribution in [0.15, 0.2) is 59.6 Å². The fourth-order valence-electron chi connectivity index (χ4n) is 3.55. The predicted octanol–water partition coefficient (Wildman–Crippen LogP) is 0.0145. The van der Waals surface area contributed by atoms with E-state index in [1.54, 1.807) is 54.6 Å². The van der Waals surface area contributed by atoms with Gasteiger partial charge in [-0.1, -0.05) is 54.6 Å². The first-order valence-electron chi connectivity index (χ1n) is 11.5. The molecule has 0 heterocycles. The van der Waals surface area contributed by atoms with Gasteiger partial charge in [-0.25, -0.2) is 13.1 Å². The molecule has 200 valence electrons. The molecular weight excluding hydrogens is 498 g/mol. The number of sulfonamides is 1. The third-order valence-electron chi connectivity index (χ3n) is 5.35. The number of hydrogen-bond acceptors (Lipinski definition) is 7. The second kappa shape index (κ2) is 14.1. The number of rotatable bonds is 16. The monoisotopic (exact) mass is 531 g/mol. The van der Waals surface area contributed by atoms with Crippen LogP contribution in [0, 0.1) is 5.41 Å². The summed E-state index contributed by atoms with van der Waals surface area (Å²) >= 11 is 0. The van der Waals surface area contributed by atoms with E-state index in [-0.39, 0.29) is 43.5 Å². The van der Waals surface area contributed by atoms with Crippen molar-refractivity contribution in [2.45, 2.75) is 43.6 Å². The Morgan fingerprint density at radius 1 is 0.973 bits per heavy atom. The summed E-state index contributed by atoms with van der Waals surface area (Å²) in [6, 6.07) is 12.8. The summed E-state index contributed by atoms with van der Waals surface area (Å²) in [5, 5.41) is 19.8. The van der Waals surface area contributed by atoms with Gasteiger partial charge in [0.2, 0.25) is 10.0 Å². The molecule has 0 unspecified atom stereocenters. The lowest BCUT2D eigenvalue weighted by Gasteiger charge is -2.23. The number of Topliss-reactive ketones (excluding diaryl/α,β-unsaturated/α-hetero) is 1. The molecule has 0 fully saturated rings. The van der Waals surface area contributed by atoms with Crippen LogP contribution in [0.3, 0.4) is 0 Å². The number of guanidine groups is 1. The van der Waals surface area contributed by atoms with Crippen molar-refractivity contribution in [3.05, 3.63) is 71.3 Å². The fourth-order valence-corrected chi connectivity index (χ4v) is 4.93. The Morgan fingerprint density at radius 2 is 1.62 bits per heavy atom. The molecule has 0 aromatic heterocycles. The number of hydrogen-bond donors (Lipinski definition) is 7. The van der Waals surface area contributed by atoms with Crippen LogP contribution >= 0.6 is 0 Å². The number of carboxylic acids is 1. The summed E-state index contributed by atoms with van der Waals surface area (Å²) in [6.07, 6.45) is -0.196. The van der Waals surface area contributed by atoms with Gasteiger partial charge in [-0.3, -0.25) is 20.0 Å². The Balaban J connectivity index is 2.20. The van der Waals surface area contributed by atoms with Crippen molar-refractivity contribution in [1.29, 1.82) is 5.41 Å². The number of nitrogens with one attached hydrogen (secondary N) is 3. The molecule has 0 bridgehead atoms. The van der Waals surface area contributed by atoms with Crippen molar-refractivity contribution in [3.63, 3.8) is 0 Å². The van der Waals surface area contributed by atoms with Gasteiger partial charge >= 0.3 is 5.97 Å². The number of ketones is 1. The van der Waals surface area contributed by atoms with E-state index in [9.17, 15) is 23.1 Å². The van der Waals surface area contributed by atoms with Crippen LogP contribution in [-0.4, -0.2) is 55.7 Å². The van der Waals surface area contributed by atoms with E-state index in [4.69, 9.17) is 22.6 Å². The number of carboxylic acid groups (broad SMARTS) is 1. The quantitative estimate of drug-likeness (QED) is 0.0878. The number of benzene rings is 2. The molecule has 0 saturated carbocycles. The van der Waals surface area contributed by atoms with Crippen LogP contribution in [0.1, 0.15) is 36.0 Å². The highest BCUT2D eigenvalue weighted by Crippen LogP contribution is 2.12. The SMILES string of the molecule is N=C(N)c1ccc(CN[C@@H](CC(=O)O)C(=O)[C@@H](CCCN=C(N)N)NS(=O)(=O)Cc2ccccc2)cc1. The minimum absolute atomic E-state index is 0.0642. The number of amidine groups is 1. The highest BCUT2D eigenvalue weighted by Gasteiger charge is 2.31. The smallest absolute Gasteiger partial charge is 0.305 e. The van der Waals surface area contributed by atoms with Gasteiger partial charge in [0.05, 0.1) is 24.3 Å². The number of nitrogens with two attached hydrogens (primary N) is 3. The zero-order valence-electron chi connectivity index (χ0n) is 20.3. The molecular formula is C24H33N7O5S. The third kappa shape index (κ3) is 10.8. The van der Waals surface area contributed by atoms with E-state index in [1.165, 1.54) is 0 Å². The maximum absolute atomic E-state index is 13.4. The first-order valence-corrected chi connectivity index (χ1v) is 13.1. The minimum Gasteiger partial charge on any atom is -0.481 e. The fraction of sp³-hybridized carbons (Fsp3) is 0.333. The first kappa shape index (κ1) is 29.4. The molecule has 0 amide bonds. The van der Waals surface area contributed by atoms with Crippen molar-refractivity contribution >= 4 is 33.6 Å². The summed E-state index contributed by atoms with van der Waals surface area (Å²) in [7, 11) is -3.94. The lowest BCUT2D eigenvalue weighted by molar-refractivity contribution is -0.139. The van der Waals surface area contributed by atoms with Crippen LogP contribution in [0.25, 0.3) is 0 Å². The maximum atomic E-state index is 13.4. The normalized spacial score (nSPS) is 12.9. The second-order valence-electron chi connectivity index (χ2n) is 8.41. The van der Waals surface area contributed by atoms with E-state index in [0.717, 1.165) is 5.56 Å². The Kier molecular flexibility index (Phi) is 11.2. The van der Waals surface area contributed by atoms with Gasteiger partial charge in [-0.15, -0.1) is 0 Å². The number of nitrogens with zero attached hydrogens (tertiary/aromatic N) is 1. The zero-order chi connectivity index (χ0) is 27.4. The average Bonchev–Trinajstić information content (AvgIpc) is 2.83. The van der Waals surface area contributed by atoms with E-state index >= 15 is 0 Å². The number of aliphatic carboxylic acids is 1. The summed E-state index contributed by atoms with van der Waals surface area (Å²) in [5.74, 6) is -2.39. The van der Waals surface area contributed by atoms with Gasteiger partial charge in [0.15, 0.2) is 11.7 Å². The van der Waals surface area contributed by atoms with E-state index in [0.29, 0.717) is 11.1 Å². The lowest BCUT2D eigenvalue weighted by atomic mass is 9.98. The minimum atomic E-state index is -3.94.